The van der Waals surface area contributed by atoms with Gasteiger partial charge in [-0.1, -0.05) is 17.7 Å². The van der Waals surface area contributed by atoms with Crippen LogP contribution in [0.5, 0.6) is 0 Å². The van der Waals surface area contributed by atoms with Gasteiger partial charge in [0.25, 0.3) is 5.91 Å². The third-order valence-electron chi connectivity index (χ3n) is 3.59. The number of halogens is 1. The minimum Gasteiger partial charge on any atom is -0.469 e. The van der Waals surface area contributed by atoms with Crippen molar-refractivity contribution >= 4 is 23.5 Å². The van der Waals surface area contributed by atoms with Crippen molar-refractivity contribution in [2.45, 2.75) is 6.42 Å². The summed E-state index contributed by atoms with van der Waals surface area (Å²) in [5.74, 6) is -0.197. The van der Waals surface area contributed by atoms with Crippen LogP contribution >= 0.6 is 11.6 Å². The SMILES string of the molecule is COC(=O)CCN1CCN(C(=O)c2cccc(Cl)c2)CC1. The Bertz CT molecular complexity index is 513. The van der Waals surface area contributed by atoms with Gasteiger partial charge in [0.2, 0.25) is 0 Å². The first-order chi connectivity index (χ1) is 10.1. The fourth-order valence-electron chi connectivity index (χ4n) is 2.33. The molecule has 114 valence electrons. The molecule has 21 heavy (non-hydrogen) atoms. The molecule has 1 aromatic rings. The Labute approximate surface area is 129 Å². The van der Waals surface area contributed by atoms with E-state index >= 15 is 0 Å². The van der Waals surface area contributed by atoms with Gasteiger partial charge < -0.3 is 9.64 Å². The minimum absolute atomic E-state index is 0.00474. The van der Waals surface area contributed by atoms with E-state index in [0.29, 0.717) is 36.6 Å². The molecule has 0 N–H and O–H groups in total. The van der Waals surface area contributed by atoms with Gasteiger partial charge in [0.05, 0.1) is 13.5 Å². The van der Waals surface area contributed by atoms with E-state index in [0.717, 1.165) is 13.1 Å². The second kappa shape index (κ2) is 7.43. The molecule has 1 amide bonds. The van der Waals surface area contributed by atoms with Crippen LogP contribution in [-0.2, 0) is 9.53 Å². The molecule has 0 unspecified atom stereocenters. The van der Waals surface area contributed by atoms with Crippen molar-refractivity contribution in [1.29, 1.82) is 0 Å². The summed E-state index contributed by atoms with van der Waals surface area (Å²) in [7, 11) is 1.39. The molecule has 5 nitrogen and oxygen atoms in total. The number of benzene rings is 1. The Morgan fingerprint density at radius 3 is 2.57 bits per heavy atom. The Balaban J connectivity index is 1.83. The number of hydrogen-bond donors (Lipinski definition) is 0. The zero-order valence-electron chi connectivity index (χ0n) is 12.0. The minimum atomic E-state index is -0.201. The molecule has 2 rings (SSSR count). The summed E-state index contributed by atoms with van der Waals surface area (Å²) in [6.07, 6.45) is 0.388. The lowest BCUT2D eigenvalue weighted by atomic mass is 10.2. The van der Waals surface area contributed by atoms with Gasteiger partial charge in [-0.2, -0.15) is 0 Å². The second-order valence-corrected chi connectivity index (χ2v) is 5.41. The molecule has 6 heteroatoms. The molecule has 0 aromatic heterocycles. The molecule has 0 radical (unpaired) electrons. The maximum Gasteiger partial charge on any atom is 0.306 e. The van der Waals surface area contributed by atoms with Crippen molar-refractivity contribution in [3.05, 3.63) is 34.9 Å². The number of nitrogens with zero attached hydrogens (tertiary/aromatic N) is 2. The van der Waals surface area contributed by atoms with Crippen LogP contribution in [0.3, 0.4) is 0 Å². The topological polar surface area (TPSA) is 49.9 Å². The van der Waals surface area contributed by atoms with Crippen molar-refractivity contribution in [3.63, 3.8) is 0 Å². The molecule has 0 saturated carbocycles. The van der Waals surface area contributed by atoms with Crippen LogP contribution in [0.15, 0.2) is 24.3 Å². The molecule has 1 heterocycles. The summed E-state index contributed by atoms with van der Waals surface area (Å²) in [5.41, 5.74) is 0.616. The van der Waals surface area contributed by atoms with Gasteiger partial charge >= 0.3 is 5.97 Å². The molecule has 1 aliphatic rings. The smallest absolute Gasteiger partial charge is 0.306 e. The van der Waals surface area contributed by atoms with Gasteiger partial charge in [-0.15, -0.1) is 0 Å². The molecule has 1 fully saturated rings. The predicted molar refractivity (Wildman–Crippen MR) is 80.4 cm³/mol. The van der Waals surface area contributed by atoms with Crippen LogP contribution in [0.25, 0.3) is 0 Å². The highest BCUT2D eigenvalue weighted by Crippen LogP contribution is 2.14. The van der Waals surface area contributed by atoms with Crippen molar-refractivity contribution in [1.82, 2.24) is 9.80 Å². The second-order valence-electron chi connectivity index (χ2n) is 4.97. The van der Waals surface area contributed by atoms with Crippen LogP contribution in [-0.4, -0.2) is 61.5 Å². The predicted octanol–water partition coefficient (Wildman–Crippen LogP) is 1.66. The normalized spacial score (nSPS) is 15.8. The third kappa shape index (κ3) is 4.44. The molecular formula is C15H19ClN2O3. The van der Waals surface area contributed by atoms with Crippen LogP contribution in [0, 0.1) is 0 Å². The number of esters is 1. The number of carbonyl (C=O) groups is 2. The summed E-state index contributed by atoms with van der Waals surface area (Å²) < 4.78 is 4.63. The monoisotopic (exact) mass is 310 g/mol. The van der Waals surface area contributed by atoms with Gasteiger partial charge in [-0.05, 0) is 18.2 Å². The zero-order valence-corrected chi connectivity index (χ0v) is 12.8. The lowest BCUT2D eigenvalue weighted by Gasteiger charge is -2.34. The Kier molecular flexibility index (Phi) is 5.59. The highest BCUT2D eigenvalue weighted by atomic mass is 35.5. The summed E-state index contributed by atoms with van der Waals surface area (Å²) in [6, 6.07) is 7.00. The van der Waals surface area contributed by atoms with Gasteiger partial charge in [0, 0.05) is 43.3 Å². The summed E-state index contributed by atoms with van der Waals surface area (Å²) >= 11 is 5.91. The highest BCUT2D eigenvalue weighted by molar-refractivity contribution is 6.30. The molecular weight excluding hydrogens is 292 g/mol. The number of carbonyl (C=O) groups excluding carboxylic acids is 2. The highest BCUT2D eigenvalue weighted by Gasteiger charge is 2.22. The molecule has 0 bridgehead atoms. The van der Waals surface area contributed by atoms with Crippen LogP contribution in [0.4, 0.5) is 0 Å². The van der Waals surface area contributed by atoms with Gasteiger partial charge in [-0.25, -0.2) is 0 Å². The first kappa shape index (κ1) is 15.8. The summed E-state index contributed by atoms with van der Waals surface area (Å²) in [4.78, 5) is 27.4. The van der Waals surface area contributed by atoms with Crippen molar-refractivity contribution in [3.8, 4) is 0 Å². The van der Waals surface area contributed by atoms with E-state index in [-0.39, 0.29) is 11.9 Å². The Morgan fingerprint density at radius 2 is 1.95 bits per heavy atom. The average Bonchev–Trinajstić information content (AvgIpc) is 2.52. The quantitative estimate of drug-likeness (QED) is 0.794. The van der Waals surface area contributed by atoms with E-state index in [1.807, 2.05) is 4.90 Å². The maximum atomic E-state index is 12.3. The maximum absolute atomic E-state index is 12.3. The molecule has 1 aliphatic heterocycles. The number of ether oxygens (including phenoxy) is 1. The molecule has 0 atom stereocenters. The van der Waals surface area contributed by atoms with Crippen LogP contribution < -0.4 is 0 Å². The van der Waals surface area contributed by atoms with Crippen molar-refractivity contribution < 1.29 is 14.3 Å². The van der Waals surface area contributed by atoms with E-state index < -0.39 is 0 Å². The first-order valence-electron chi connectivity index (χ1n) is 6.94. The lowest BCUT2D eigenvalue weighted by molar-refractivity contribution is -0.141. The largest absolute Gasteiger partial charge is 0.469 e. The Morgan fingerprint density at radius 1 is 1.24 bits per heavy atom. The van der Waals surface area contributed by atoms with Crippen LogP contribution in [0.2, 0.25) is 5.02 Å². The standard InChI is InChI=1S/C15H19ClN2O3/c1-21-14(19)5-6-17-7-9-18(10-8-17)15(20)12-3-2-4-13(16)11-12/h2-4,11H,5-10H2,1H3. The van der Waals surface area contributed by atoms with Gasteiger partial charge in [-0.3, -0.25) is 14.5 Å². The molecule has 1 saturated heterocycles. The van der Waals surface area contributed by atoms with Crippen LogP contribution in [0.1, 0.15) is 16.8 Å². The number of piperazine rings is 1. The first-order valence-corrected chi connectivity index (χ1v) is 7.32. The average molecular weight is 311 g/mol. The molecule has 1 aromatic carbocycles. The zero-order chi connectivity index (χ0) is 15.2. The van der Waals surface area contributed by atoms with Gasteiger partial charge in [0.1, 0.15) is 0 Å². The number of methoxy groups -OCH3 is 1. The fourth-order valence-corrected chi connectivity index (χ4v) is 2.52. The Hall–Kier alpha value is -1.59. The van der Waals surface area contributed by atoms with E-state index in [9.17, 15) is 9.59 Å². The molecule has 0 aliphatic carbocycles. The third-order valence-corrected chi connectivity index (χ3v) is 3.83. The van der Waals surface area contributed by atoms with Crippen molar-refractivity contribution in [2.75, 3.05) is 39.8 Å². The van der Waals surface area contributed by atoms with E-state index in [4.69, 9.17) is 11.6 Å². The van der Waals surface area contributed by atoms with Gasteiger partial charge in [0.15, 0.2) is 0 Å². The summed E-state index contributed by atoms with van der Waals surface area (Å²) in [5, 5.41) is 0.567. The van der Waals surface area contributed by atoms with E-state index in [1.165, 1.54) is 7.11 Å². The number of rotatable bonds is 4. The van der Waals surface area contributed by atoms with Crippen molar-refractivity contribution in [2.24, 2.45) is 0 Å². The van der Waals surface area contributed by atoms with E-state index in [1.54, 1.807) is 24.3 Å². The number of amides is 1. The summed E-state index contributed by atoms with van der Waals surface area (Å²) in [6.45, 7) is 3.53. The lowest BCUT2D eigenvalue weighted by Crippen LogP contribution is -2.49. The van der Waals surface area contributed by atoms with E-state index in [2.05, 4.69) is 9.64 Å². The molecule has 0 spiro atoms. The fraction of sp³-hybridized carbons (Fsp3) is 0.467. The number of hydrogen-bond acceptors (Lipinski definition) is 4.